The highest BCUT2D eigenvalue weighted by molar-refractivity contribution is 7.99. The molecule has 6 nitrogen and oxygen atoms in total. The Morgan fingerprint density at radius 2 is 2.09 bits per heavy atom. The standard InChI is InChI=1S/C15H19N3O3S2/c1-10(2)22-15-16-11(9-18(15)3)14(19)17-23(20)13-8-6-5-7-12(13)21-4/h5-10H,1-4H3,(H,17,19). The lowest BCUT2D eigenvalue weighted by atomic mass is 10.3. The van der Waals surface area contributed by atoms with E-state index in [2.05, 4.69) is 23.6 Å². The number of nitrogens with zero attached hydrogens (tertiary/aromatic N) is 2. The Balaban J connectivity index is 2.14. The van der Waals surface area contributed by atoms with Crippen LogP contribution in [0.25, 0.3) is 0 Å². The zero-order valence-electron chi connectivity index (χ0n) is 13.4. The zero-order chi connectivity index (χ0) is 17.0. The van der Waals surface area contributed by atoms with E-state index in [0.29, 0.717) is 15.9 Å². The third-order valence-electron chi connectivity index (χ3n) is 2.86. The molecule has 0 saturated carbocycles. The second-order valence-electron chi connectivity index (χ2n) is 5.04. The average molecular weight is 353 g/mol. The molecule has 0 radical (unpaired) electrons. The number of methoxy groups -OCH3 is 1. The number of hydrogen-bond acceptors (Lipinski definition) is 5. The highest BCUT2D eigenvalue weighted by Crippen LogP contribution is 2.22. The molecule has 0 fully saturated rings. The van der Waals surface area contributed by atoms with Crippen molar-refractivity contribution in [3.63, 3.8) is 0 Å². The van der Waals surface area contributed by atoms with Gasteiger partial charge in [0.2, 0.25) is 0 Å². The summed E-state index contributed by atoms with van der Waals surface area (Å²) >= 11 is 1.56. The molecule has 2 aromatic rings. The van der Waals surface area contributed by atoms with E-state index in [1.54, 1.807) is 46.8 Å². The molecule has 1 heterocycles. The number of ether oxygens (including phenoxy) is 1. The quantitative estimate of drug-likeness (QED) is 0.807. The third-order valence-corrected chi connectivity index (χ3v) is 5.03. The van der Waals surface area contributed by atoms with Crippen LogP contribution < -0.4 is 9.46 Å². The summed E-state index contributed by atoms with van der Waals surface area (Å²) in [5.74, 6) is -0.0244. The molecule has 2 rings (SSSR count). The Labute approximate surface area is 142 Å². The largest absolute Gasteiger partial charge is 0.495 e. The molecule has 0 aliphatic heterocycles. The number of amides is 1. The van der Waals surface area contributed by atoms with Gasteiger partial charge in [0.1, 0.15) is 16.3 Å². The topological polar surface area (TPSA) is 73.2 Å². The van der Waals surface area contributed by atoms with Crippen LogP contribution >= 0.6 is 11.8 Å². The van der Waals surface area contributed by atoms with E-state index in [1.165, 1.54) is 7.11 Å². The lowest BCUT2D eigenvalue weighted by Crippen LogP contribution is -2.26. The van der Waals surface area contributed by atoms with Crippen molar-refractivity contribution in [3.05, 3.63) is 36.2 Å². The fraction of sp³-hybridized carbons (Fsp3) is 0.333. The molecule has 1 atom stereocenters. The lowest BCUT2D eigenvalue weighted by molar-refractivity contribution is 0.0978. The number of benzene rings is 1. The number of thioether (sulfide) groups is 1. The van der Waals surface area contributed by atoms with Crippen molar-refractivity contribution in [1.82, 2.24) is 14.3 Å². The number of rotatable bonds is 6. The van der Waals surface area contributed by atoms with Crippen LogP contribution in [-0.2, 0) is 18.0 Å². The first-order valence-electron chi connectivity index (χ1n) is 6.98. The van der Waals surface area contributed by atoms with Crippen molar-refractivity contribution >= 4 is 28.7 Å². The first-order valence-corrected chi connectivity index (χ1v) is 9.01. The number of carbonyl (C=O) groups is 1. The fourth-order valence-electron chi connectivity index (χ4n) is 1.84. The van der Waals surface area contributed by atoms with Gasteiger partial charge in [0.05, 0.1) is 7.11 Å². The van der Waals surface area contributed by atoms with E-state index in [1.807, 2.05) is 7.05 Å². The van der Waals surface area contributed by atoms with Gasteiger partial charge in [-0.3, -0.25) is 9.52 Å². The predicted octanol–water partition coefficient (Wildman–Crippen LogP) is 2.38. The highest BCUT2D eigenvalue weighted by atomic mass is 32.2. The summed E-state index contributed by atoms with van der Waals surface area (Å²) in [7, 11) is 1.60. The number of aryl methyl sites for hydroxylation is 1. The van der Waals surface area contributed by atoms with E-state index < -0.39 is 16.9 Å². The number of aromatic nitrogens is 2. The van der Waals surface area contributed by atoms with E-state index in [0.717, 1.165) is 5.16 Å². The molecule has 0 aliphatic rings. The van der Waals surface area contributed by atoms with Crippen LogP contribution in [0.5, 0.6) is 5.75 Å². The number of nitrogens with one attached hydrogen (secondary N) is 1. The maximum absolute atomic E-state index is 12.3. The van der Waals surface area contributed by atoms with Gasteiger partial charge in [-0.2, -0.15) is 0 Å². The molecule has 0 saturated heterocycles. The SMILES string of the molecule is COc1ccccc1S(=O)NC(=O)c1cn(C)c(SC(C)C)n1. The molecular formula is C15H19N3O3S2. The smallest absolute Gasteiger partial charge is 0.283 e. The summed E-state index contributed by atoms with van der Waals surface area (Å²) in [5.41, 5.74) is 0.235. The van der Waals surface area contributed by atoms with E-state index in [-0.39, 0.29) is 5.69 Å². The van der Waals surface area contributed by atoms with Crippen LogP contribution in [0.4, 0.5) is 0 Å². The second kappa shape index (κ2) is 7.65. The van der Waals surface area contributed by atoms with Gasteiger partial charge >= 0.3 is 0 Å². The molecule has 1 aromatic heterocycles. The summed E-state index contributed by atoms with van der Waals surface area (Å²) in [6, 6.07) is 6.85. The molecule has 1 N–H and O–H groups in total. The number of imidazole rings is 1. The highest BCUT2D eigenvalue weighted by Gasteiger charge is 2.18. The van der Waals surface area contributed by atoms with Crippen LogP contribution in [0.3, 0.4) is 0 Å². The van der Waals surface area contributed by atoms with Crippen LogP contribution in [-0.4, -0.2) is 32.0 Å². The summed E-state index contributed by atoms with van der Waals surface area (Å²) in [5, 5.41) is 1.10. The molecule has 124 valence electrons. The predicted molar refractivity (Wildman–Crippen MR) is 91.1 cm³/mol. The van der Waals surface area contributed by atoms with Crippen molar-refractivity contribution < 1.29 is 13.7 Å². The van der Waals surface area contributed by atoms with Gasteiger partial charge in [0, 0.05) is 18.5 Å². The van der Waals surface area contributed by atoms with Gasteiger partial charge in [0.25, 0.3) is 5.91 Å². The van der Waals surface area contributed by atoms with Crippen molar-refractivity contribution in [1.29, 1.82) is 0 Å². The number of para-hydroxylation sites is 1. The first-order chi connectivity index (χ1) is 10.9. The lowest BCUT2D eigenvalue weighted by Gasteiger charge is -2.07. The number of carbonyl (C=O) groups excluding carboxylic acids is 1. The Morgan fingerprint density at radius 3 is 2.74 bits per heavy atom. The Hall–Kier alpha value is -1.80. The van der Waals surface area contributed by atoms with Crippen LogP contribution in [0.15, 0.2) is 40.5 Å². The molecule has 23 heavy (non-hydrogen) atoms. The molecule has 0 bridgehead atoms. The molecule has 8 heteroatoms. The van der Waals surface area contributed by atoms with Crippen LogP contribution in [0.2, 0.25) is 0 Å². The fourth-order valence-corrected chi connectivity index (χ4v) is 3.55. The summed E-state index contributed by atoms with van der Waals surface area (Å²) < 4.78 is 21.7. The number of hydrogen-bond donors (Lipinski definition) is 1. The minimum Gasteiger partial charge on any atom is -0.495 e. The minimum atomic E-state index is -1.71. The molecule has 1 unspecified atom stereocenters. The van der Waals surface area contributed by atoms with E-state index >= 15 is 0 Å². The third kappa shape index (κ3) is 4.35. The summed E-state index contributed by atoms with van der Waals surface area (Å²) in [4.78, 5) is 16.9. The van der Waals surface area contributed by atoms with Crippen molar-refractivity contribution in [3.8, 4) is 5.75 Å². The summed E-state index contributed by atoms with van der Waals surface area (Å²) in [6.07, 6.45) is 1.62. The van der Waals surface area contributed by atoms with Crippen molar-refractivity contribution in [2.45, 2.75) is 29.1 Å². The minimum absolute atomic E-state index is 0.235. The van der Waals surface area contributed by atoms with Gasteiger partial charge in [-0.25, -0.2) is 9.19 Å². The van der Waals surface area contributed by atoms with Gasteiger partial charge < -0.3 is 9.30 Å². The molecular weight excluding hydrogens is 334 g/mol. The van der Waals surface area contributed by atoms with E-state index in [4.69, 9.17) is 4.74 Å². The van der Waals surface area contributed by atoms with Crippen molar-refractivity contribution in [2.75, 3.05) is 7.11 Å². The monoisotopic (exact) mass is 353 g/mol. The maximum atomic E-state index is 12.3. The Bertz CT molecular complexity index is 729. The van der Waals surface area contributed by atoms with Crippen LogP contribution in [0.1, 0.15) is 24.3 Å². The first kappa shape index (κ1) is 17.6. The molecule has 1 aromatic carbocycles. The van der Waals surface area contributed by atoms with Gasteiger partial charge in [-0.15, -0.1) is 0 Å². The van der Waals surface area contributed by atoms with Gasteiger partial charge in [0.15, 0.2) is 16.1 Å². The van der Waals surface area contributed by atoms with E-state index in [9.17, 15) is 9.00 Å². The maximum Gasteiger partial charge on any atom is 0.283 e. The van der Waals surface area contributed by atoms with Gasteiger partial charge in [-0.1, -0.05) is 37.7 Å². The average Bonchev–Trinajstić information content (AvgIpc) is 2.87. The summed E-state index contributed by atoms with van der Waals surface area (Å²) in [6.45, 7) is 4.10. The zero-order valence-corrected chi connectivity index (χ0v) is 15.0. The Morgan fingerprint density at radius 1 is 1.39 bits per heavy atom. The Kier molecular flexibility index (Phi) is 5.84. The normalized spacial score (nSPS) is 12.2. The van der Waals surface area contributed by atoms with Gasteiger partial charge in [-0.05, 0) is 12.1 Å². The molecule has 1 amide bonds. The van der Waals surface area contributed by atoms with Crippen LogP contribution in [0, 0.1) is 0 Å². The molecule has 0 aliphatic carbocycles. The second-order valence-corrected chi connectivity index (χ2v) is 7.76. The molecule has 0 spiro atoms. The van der Waals surface area contributed by atoms with Crippen molar-refractivity contribution in [2.24, 2.45) is 7.05 Å².